The minimum absolute atomic E-state index is 0.0333. The van der Waals surface area contributed by atoms with Gasteiger partial charge in [-0.15, -0.1) is 0 Å². The van der Waals surface area contributed by atoms with Gasteiger partial charge < -0.3 is 9.97 Å². The van der Waals surface area contributed by atoms with Crippen molar-refractivity contribution in [1.29, 1.82) is 0 Å². The molecule has 0 saturated heterocycles. The van der Waals surface area contributed by atoms with Gasteiger partial charge in [0.05, 0.1) is 0 Å². The highest BCUT2D eigenvalue weighted by molar-refractivity contribution is 5.33. The van der Waals surface area contributed by atoms with Crippen LogP contribution in [-0.4, -0.2) is 9.97 Å². The molecular weight excluding hydrogens is 232 g/mol. The summed E-state index contributed by atoms with van der Waals surface area (Å²) >= 11 is 0. The molecule has 0 aliphatic carbocycles. The van der Waals surface area contributed by atoms with Crippen molar-refractivity contribution in [2.24, 2.45) is 0 Å². The molecule has 0 saturated carbocycles. The second-order valence-corrected chi connectivity index (χ2v) is 6.29. The highest BCUT2D eigenvalue weighted by Crippen LogP contribution is 2.35. The lowest BCUT2D eigenvalue weighted by atomic mass is 9.81. The van der Waals surface area contributed by atoms with E-state index in [1.807, 2.05) is 6.20 Å². The van der Waals surface area contributed by atoms with E-state index in [0.717, 1.165) is 12.8 Å². The average molecular weight is 258 g/mol. The Kier molecular flexibility index (Phi) is 3.62. The van der Waals surface area contributed by atoms with Crippen LogP contribution >= 0.6 is 0 Å². The normalized spacial score (nSPS) is 15.4. The molecule has 1 atom stereocenters. The molecule has 2 N–H and O–H groups in total. The summed E-state index contributed by atoms with van der Waals surface area (Å²) in [6, 6.07) is 8.74. The monoisotopic (exact) mass is 258 g/mol. The van der Waals surface area contributed by atoms with Crippen LogP contribution in [0.15, 0.2) is 30.5 Å². The minimum atomic E-state index is 0.0333. The molecule has 19 heavy (non-hydrogen) atoms. The Labute approximate surface area is 116 Å². The second-order valence-electron chi connectivity index (χ2n) is 6.29. The van der Waals surface area contributed by atoms with Crippen LogP contribution in [0.5, 0.6) is 0 Å². The molecule has 2 heterocycles. The highest BCUT2D eigenvalue weighted by Gasteiger charge is 2.31. The fraction of sp³-hybridized carbons (Fsp3) is 0.529. The maximum atomic E-state index is 3.66. The van der Waals surface area contributed by atoms with Crippen LogP contribution in [0.2, 0.25) is 0 Å². The molecule has 2 heteroatoms. The van der Waals surface area contributed by atoms with Crippen LogP contribution in [0, 0.1) is 0 Å². The van der Waals surface area contributed by atoms with Gasteiger partial charge in [0.15, 0.2) is 0 Å². The van der Waals surface area contributed by atoms with Gasteiger partial charge in [-0.1, -0.05) is 27.7 Å². The molecule has 0 aliphatic heterocycles. The summed E-state index contributed by atoms with van der Waals surface area (Å²) in [4.78, 5) is 7.03. The smallest absolute Gasteiger partial charge is 0.0472 e. The van der Waals surface area contributed by atoms with Crippen LogP contribution in [0.4, 0.5) is 0 Å². The van der Waals surface area contributed by atoms with Crippen LogP contribution in [-0.2, 0) is 10.8 Å². The number of H-pyrrole nitrogens is 2. The number of nitrogens with one attached hydrogen (secondary N) is 2. The number of hydrogen-bond donors (Lipinski definition) is 2. The van der Waals surface area contributed by atoms with Crippen LogP contribution in [0.25, 0.3) is 0 Å². The van der Waals surface area contributed by atoms with E-state index in [9.17, 15) is 0 Å². The summed E-state index contributed by atoms with van der Waals surface area (Å²) in [6.45, 7) is 11.4. The Hall–Kier alpha value is -1.44. The van der Waals surface area contributed by atoms with E-state index in [2.05, 4.69) is 68.9 Å². The first kappa shape index (κ1) is 14.0. The van der Waals surface area contributed by atoms with E-state index in [-0.39, 0.29) is 10.8 Å². The standard InChI is InChI=1S/C17H26N2/c1-6-16(3,4)13-10-11-15(19-13)17(5,7-2)14-9-8-12-18-14/h8-12,18-19H,6-7H2,1-5H3/t17-/m0/s1. The predicted molar refractivity (Wildman–Crippen MR) is 81.6 cm³/mol. The van der Waals surface area contributed by atoms with Crippen molar-refractivity contribution in [3.63, 3.8) is 0 Å². The summed E-state index contributed by atoms with van der Waals surface area (Å²) in [5.41, 5.74) is 4.15. The lowest BCUT2D eigenvalue weighted by Crippen LogP contribution is -2.24. The molecule has 2 rings (SSSR count). The Bertz CT molecular complexity index is 519. The molecule has 2 nitrogen and oxygen atoms in total. The molecule has 0 spiro atoms. The van der Waals surface area contributed by atoms with E-state index in [1.54, 1.807) is 0 Å². The summed E-state index contributed by atoms with van der Waals surface area (Å²) in [6.07, 6.45) is 4.21. The molecule has 0 bridgehead atoms. The summed E-state index contributed by atoms with van der Waals surface area (Å²) in [5, 5.41) is 0. The topological polar surface area (TPSA) is 31.6 Å². The summed E-state index contributed by atoms with van der Waals surface area (Å²) < 4.78 is 0. The third-order valence-corrected chi connectivity index (χ3v) is 4.79. The van der Waals surface area contributed by atoms with Crippen molar-refractivity contribution in [2.75, 3.05) is 0 Å². The number of rotatable bonds is 5. The van der Waals surface area contributed by atoms with Crippen LogP contribution in [0.1, 0.15) is 64.5 Å². The van der Waals surface area contributed by atoms with Crippen molar-refractivity contribution in [3.05, 3.63) is 47.5 Å². The summed E-state index contributed by atoms with van der Waals surface area (Å²) in [7, 11) is 0. The molecule has 104 valence electrons. The molecule has 0 amide bonds. The van der Waals surface area contributed by atoms with Crippen molar-refractivity contribution in [1.82, 2.24) is 9.97 Å². The lowest BCUT2D eigenvalue weighted by Gasteiger charge is -2.27. The van der Waals surface area contributed by atoms with Crippen molar-refractivity contribution >= 4 is 0 Å². The average Bonchev–Trinajstić information content (AvgIpc) is 3.08. The molecular formula is C17H26N2. The van der Waals surface area contributed by atoms with Gasteiger partial charge >= 0.3 is 0 Å². The van der Waals surface area contributed by atoms with Crippen molar-refractivity contribution in [3.8, 4) is 0 Å². The van der Waals surface area contributed by atoms with Gasteiger partial charge in [0.1, 0.15) is 0 Å². The third-order valence-electron chi connectivity index (χ3n) is 4.79. The SMILES string of the molecule is CCC(C)(C)c1ccc([C@@](C)(CC)c2ccc[nH]2)[nH]1. The highest BCUT2D eigenvalue weighted by atomic mass is 14.8. The Morgan fingerprint density at radius 3 is 2.11 bits per heavy atom. The van der Waals surface area contributed by atoms with E-state index in [4.69, 9.17) is 0 Å². The molecule has 0 fully saturated rings. The quantitative estimate of drug-likeness (QED) is 0.776. The Morgan fingerprint density at radius 1 is 0.895 bits per heavy atom. The van der Waals surface area contributed by atoms with Crippen molar-refractivity contribution < 1.29 is 0 Å². The first-order chi connectivity index (χ1) is 8.94. The molecule has 0 radical (unpaired) electrons. The number of hydrogen-bond acceptors (Lipinski definition) is 0. The van der Waals surface area contributed by atoms with Gasteiger partial charge in [0.2, 0.25) is 0 Å². The molecule has 2 aromatic heterocycles. The first-order valence-electron chi connectivity index (χ1n) is 7.28. The molecule has 2 aromatic rings. The van der Waals surface area contributed by atoms with Crippen LogP contribution < -0.4 is 0 Å². The fourth-order valence-corrected chi connectivity index (χ4v) is 2.50. The lowest BCUT2D eigenvalue weighted by molar-refractivity contribution is 0.479. The Morgan fingerprint density at radius 2 is 1.58 bits per heavy atom. The number of aromatic amines is 2. The Balaban J connectivity index is 2.41. The molecule has 0 unspecified atom stereocenters. The fourth-order valence-electron chi connectivity index (χ4n) is 2.50. The van der Waals surface area contributed by atoms with E-state index >= 15 is 0 Å². The zero-order valence-corrected chi connectivity index (χ0v) is 12.8. The summed E-state index contributed by atoms with van der Waals surface area (Å²) in [5.74, 6) is 0. The van der Waals surface area contributed by atoms with Crippen LogP contribution in [0.3, 0.4) is 0 Å². The zero-order valence-electron chi connectivity index (χ0n) is 12.8. The largest absolute Gasteiger partial charge is 0.364 e. The predicted octanol–water partition coefficient (Wildman–Crippen LogP) is 4.75. The molecule has 0 aliphatic rings. The minimum Gasteiger partial charge on any atom is -0.364 e. The van der Waals surface area contributed by atoms with Crippen molar-refractivity contribution in [2.45, 2.75) is 58.3 Å². The maximum Gasteiger partial charge on any atom is 0.0472 e. The van der Waals surface area contributed by atoms with E-state index < -0.39 is 0 Å². The van der Waals surface area contributed by atoms with Gasteiger partial charge in [-0.2, -0.15) is 0 Å². The van der Waals surface area contributed by atoms with Gasteiger partial charge in [-0.25, -0.2) is 0 Å². The third kappa shape index (κ3) is 2.36. The van der Waals surface area contributed by atoms with E-state index in [0.29, 0.717) is 0 Å². The molecule has 0 aromatic carbocycles. The zero-order chi connectivity index (χ0) is 14.1. The first-order valence-corrected chi connectivity index (χ1v) is 7.28. The van der Waals surface area contributed by atoms with Gasteiger partial charge in [0, 0.05) is 34.1 Å². The number of aromatic nitrogens is 2. The maximum absolute atomic E-state index is 3.66. The van der Waals surface area contributed by atoms with Gasteiger partial charge in [-0.05, 0) is 44.0 Å². The van der Waals surface area contributed by atoms with Gasteiger partial charge in [-0.3, -0.25) is 0 Å². The van der Waals surface area contributed by atoms with E-state index in [1.165, 1.54) is 17.1 Å². The van der Waals surface area contributed by atoms with Gasteiger partial charge in [0.25, 0.3) is 0 Å². The second kappa shape index (κ2) is 4.92.